The second kappa shape index (κ2) is 6.57. The van der Waals surface area contributed by atoms with Crippen LogP contribution in [-0.2, 0) is 9.59 Å². The minimum absolute atomic E-state index is 0.266. The van der Waals surface area contributed by atoms with E-state index in [1.54, 1.807) is 24.3 Å². The summed E-state index contributed by atoms with van der Waals surface area (Å²) in [6.45, 7) is 0.266. The lowest BCUT2D eigenvalue weighted by Crippen LogP contribution is -2.24. The molecule has 1 aromatic carbocycles. The van der Waals surface area contributed by atoms with Crippen LogP contribution in [-0.4, -0.2) is 29.5 Å². The molecular formula is C15H15N3O4. The Hall–Kier alpha value is -3.09. The molecule has 0 spiro atoms. The fourth-order valence-electron chi connectivity index (χ4n) is 2.03. The Kier molecular flexibility index (Phi) is 4.57. The van der Waals surface area contributed by atoms with Crippen LogP contribution in [0.1, 0.15) is 17.5 Å². The molecule has 0 radical (unpaired) electrons. The number of nitrogens with zero attached hydrogens (tertiary/aromatic N) is 1. The van der Waals surface area contributed by atoms with Crippen LogP contribution in [0.3, 0.4) is 0 Å². The zero-order valence-electron chi connectivity index (χ0n) is 11.7. The molecule has 0 bridgehead atoms. The summed E-state index contributed by atoms with van der Waals surface area (Å²) in [6.07, 6.45) is 4.47. The van der Waals surface area contributed by atoms with Gasteiger partial charge in [0.15, 0.2) is 5.96 Å². The van der Waals surface area contributed by atoms with Gasteiger partial charge in [-0.15, -0.1) is 0 Å². The lowest BCUT2D eigenvalue weighted by molar-refractivity contribution is -0.131. The summed E-state index contributed by atoms with van der Waals surface area (Å²) in [4.78, 5) is 26.1. The summed E-state index contributed by atoms with van der Waals surface area (Å²) in [5.41, 5.74) is 12.1. The molecule has 0 fully saturated rings. The Morgan fingerprint density at radius 3 is 2.77 bits per heavy atom. The van der Waals surface area contributed by atoms with Crippen molar-refractivity contribution in [2.24, 2.45) is 16.5 Å². The van der Waals surface area contributed by atoms with Crippen molar-refractivity contribution in [1.82, 2.24) is 0 Å². The van der Waals surface area contributed by atoms with Crippen LogP contribution in [0.2, 0.25) is 0 Å². The maximum atomic E-state index is 11.9. The van der Waals surface area contributed by atoms with Gasteiger partial charge in [-0.05, 0) is 12.2 Å². The van der Waals surface area contributed by atoms with E-state index in [1.165, 1.54) is 6.08 Å². The molecular weight excluding hydrogens is 286 g/mol. The minimum Gasteiger partial charge on any atom is -0.492 e. The second-order valence-electron chi connectivity index (χ2n) is 4.55. The Morgan fingerprint density at radius 1 is 1.32 bits per heavy atom. The standard InChI is InChI=1S/C15H15N3O4/c16-15(17)18-14(21)11-6-7-22-13-9(4-5-12(19)20)2-1-3-10(13)8-11/h1-5,8H,6-7H2,(H,19,20)(H4,16,17,18,21)/b5-4+. The number of hydrogen-bond acceptors (Lipinski definition) is 3. The first kappa shape index (κ1) is 15.3. The molecule has 1 aliphatic rings. The number of fused-ring (bicyclic) bond motifs is 1. The highest BCUT2D eigenvalue weighted by molar-refractivity contribution is 6.04. The summed E-state index contributed by atoms with van der Waals surface area (Å²) in [6, 6.07) is 5.24. The van der Waals surface area contributed by atoms with E-state index in [0.29, 0.717) is 28.9 Å². The van der Waals surface area contributed by atoms with E-state index in [2.05, 4.69) is 4.99 Å². The number of carboxylic acid groups (broad SMARTS) is 1. The number of carbonyl (C=O) groups excluding carboxylic acids is 1. The number of benzene rings is 1. The molecule has 0 saturated heterocycles. The fraction of sp³-hybridized carbons (Fsp3) is 0.133. The van der Waals surface area contributed by atoms with Gasteiger partial charge >= 0.3 is 5.97 Å². The number of nitrogens with two attached hydrogens (primary N) is 2. The summed E-state index contributed by atoms with van der Waals surface area (Å²) in [5.74, 6) is -1.34. The van der Waals surface area contributed by atoms with E-state index < -0.39 is 11.9 Å². The van der Waals surface area contributed by atoms with Crippen molar-refractivity contribution >= 4 is 30.0 Å². The molecule has 1 aliphatic heterocycles. The maximum absolute atomic E-state index is 11.9. The smallest absolute Gasteiger partial charge is 0.328 e. The van der Waals surface area contributed by atoms with E-state index >= 15 is 0 Å². The molecule has 0 unspecified atom stereocenters. The summed E-state index contributed by atoms with van der Waals surface area (Å²) < 4.78 is 5.64. The highest BCUT2D eigenvalue weighted by Gasteiger charge is 2.16. The van der Waals surface area contributed by atoms with Crippen LogP contribution in [0.5, 0.6) is 5.75 Å². The van der Waals surface area contributed by atoms with Gasteiger partial charge in [-0.2, -0.15) is 4.99 Å². The van der Waals surface area contributed by atoms with E-state index in [-0.39, 0.29) is 12.6 Å². The molecule has 0 aliphatic carbocycles. The number of rotatable bonds is 3. The quantitative estimate of drug-likeness (QED) is 0.429. The molecule has 0 atom stereocenters. The highest BCUT2D eigenvalue weighted by Crippen LogP contribution is 2.30. The fourth-order valence-corrected chi connectivity index (χ4v) is 2.03. The Bertz CT molecular complexity index is 701. The van der Waals surface area contributed by atoms with Gasteiger partial charge in [0.25, 0.3) is 5.91 Å². The predicted octanol–water partition coefficient (Wildman–Crippen LogP) is 0.750. The van der Waals surface area contributed by atoms with Gasteiger partial charge in [-0.1, -0.05) is 18.2 Å². The van der Waals surface area contributed by atoms with Crippen LogP contribution in [0.15, 0.2) is 34.8 Å². The number of guanidine groups is 1. The molecule has 114 valence electrons. The Balaban J connectivity index is 2.41. The van der Waals surface area contributed by atoms with Crippen molar-refractivity contribution in [2.75, 3.05) is 6.61 Å². The molecule has 7 nitrogen and oxygen atoms in total. The van der Waals surface area contributed by atoms with Gasteiger partial charge < -0.3 is 21.3 Å². The van der Waals surface area contributed by atoms with Gasteiger partial charge in [0.2, 0.25) is 0 Å². The summed E-state index contributed by atoms with van der Waals surface area (Å²) in [7, 11) is 0. The molecule has 7 heteroatoms. The van der Waals surface area contributed by atoms with E-state index in [1.807, 2.05) is 0 Å². The third-order valence-electron chi connectivity index (χ3n) is 2.93. The third kappa shape index (κ3) is 3.72. The van der Waals surface area contributed by atoms with Crippen molar-refractivity contribution < 1.29 is 19.4 Å². The topological polar surface area (TPSA) is 128 Å². The first-order chi connectivity index (χ1) is 10.5. The number of aliphatic carboxylic acids is 1. The normalized spacial score (nSPS) is 13.5. The zero-order valence-corrected chi connectivity index (χ0v) is 11.7. The number of carbonyl (C=O) groups is 2. The average Bonchev–Trinajstić information content (AvgIpc) is 2.66. The lowest BCUT2D eigenvalue weighted by atomic mass is 10.0. The zero-order chi connectivity index (χ0) is 16.1. The molecule has 0 saturated carbocycles. The first-order valence-electron chi connectivity index (χ1n) is 6.48. The van der Waals surface area contributed by atoms with Gasteiger partial charge in [0.05, 0.1) is 6.61 Å². The first-order valence-corrected chi connectivity index (χ1v) is 6.48. The van der Waals surface area contributed by atoms with Gasteiger partial charge in [0.1, 0.15) is 5.75 Å². The molecule has 1 heterocycles. The second-order valence-corrected chi connectivity index (χ2v) is 4.55. The van der Waals surface area contributed by atoms with Crippen LogP contribution >= 0.6 is 0 Å². The number of hydrogen-bond donors (Lipinski definition) is 3. The van der Waals surface area contributed by atoms with Crippen molar-refractivity contribution in [3.8, 4) is 5.75 Å². The van der Waals surface area contributed by atoms with Crippen LogP contribution in [0.25, 0.3) is 12.2 Å². The predicted molar refractivity (Wildman–Crippen MR) is 82.0 cm³/mol. The van der Waals surface area contributed by atoms with Crippen molar-refractivity contribution in [3.63, 3.8) is 0 Å². The Labute approximate surface area is 126 Å². The molecule has 0 aromatic heterocycles. The monoisotopic (exact) mass is 301 g/mol. The van der Waals surface area contributed by atoms with Gasteiger partial charge in [-0.25, -0.2) is 4.79 Å². The minimum atomic E-state index is -1.05. The van der Waals surface area contributed by atoms with Crippen molar-refractivity contribution in [1.29, 1.82) is 0 Å². The molecule has 5 N–H and O–H groups in total. The van der Waals surface area contributed by atoms with E-state index in [9.17, 15) is 9.59 Å². The number of carboxylic acids is 1. The average molecular weight is 301 g/mol. The summed E-state index contributed by atoms with van der Waals surface area (Å²) >= 11 is 0. The van der Waals surface area contributed by atoms with Gasteiger partial charge in [-0.3, -0.25) is 4.79 Å². The van der Waals surface area contributed by atoms with E-state index in [0.717, 1.165) is 6.08 Å². The number of amides is 1. The molecule has 22 heavy (non-hydrogen) atoms. The van der Waals surface area contributed by atoms with Crippen LogP contribution in [0.4, 0.5) is 0 Å². The SMILES string of the molecule is NC(N)=NC(=O)C1=Cc2cccc(/C=C/C(=O)O)c2OCC1. The molecule has 1 amide bonds. The molecule has 2 rings (SSSR count). The third-order valence-corrected chi connectivity index (χ3v) is 2.93. The maximum Gasteiger partial charge on any atom is 0.328 e. The molecule has 1 aromatic rings. The lowest BCUT2D eigenvalue weighted by Gasteiger charge is -2.09. The van der Waals surface area contributed by atoms with Crippen LogP contribution < -0.4 is 16.2 Å². The van der Waals surface area contributed by atoms with E-state index in [4.69, 9.17) is 21.3 Å². The number of ether oxygens (including phenoxy) is 1. The number of para-hydroxylation sites is 1. The Morgan fingerprint density at radius 2 is 2.09 bits per heavy atom. The van der Waals surface area contributed by atoms with Crippen LogP contribution in [0, 0.1) is 0 Å². The number of aliphatic imine (C=N–C) groups is 1. The van der Waals surface area contributed by atoms with Crippen molar-refractivity contribution in [3.05, 3.63) is 41.0 Å². The largest absolute Gasteiger partial charge is 0.492 e. The summed E-state index contributed by atoms with van der Waals surface area (Å²) in [5, 5.41) is 8.71. The van der Waals surface area contributed by atoms with Crippen molar-refractivity contribution in [2.45, 2.75) is 6.42 Å². The highest BCUT2D eigenvalue weighted by atomic mass is 16.5. The van der Waals surface area contributed by atoms with Gasteiger partial charge in [0, 0.05) is 29.2 Å².